The van der Waals surface area contributed by atoms with Crippen LogP contribution in [-0.2, 0) is 0 Å². The Morgan fingerprint density at radius 3 is 2.80 bits per heavy atom. The quantitative estimate of drug-likeness (QED) is 0.787. The maximum absolute atomic E-state index is 5.00. The minimum atomic E-state index is -0.0916. The topological polar surface area (TPSA) is 76.7 Å². The van der Waals surface area contributed by atoms with Gasteiger partial charge in [-0.2, -0.15) is 4.98 Å². The van der Waals surface area contributed by atoms with E-state index in [1.807, 2.05) is 32.0 Å². The van der Waals surface area contributed by atoms with Crippen molar-refractivity contribution in [2.75, 3.05) is 5.32 Å². The number of aryl methyl sites for hydroxylation is 2. The van der Waals surface area contributed by atoms with Crippen LogP contribution in [-0.4, -0.2) is 20.1 Å². The van der Waals surface area contributed by atoms with Crippen LogP contribution >= 0.6 is 0 Å². The van der Waals surface area contributed by atoms with E-state index in [9.17, 15) is 0 Å². The van der Waals surface area contributed by atoms with Crippen molar-refractivity contribution in [3.05, 3.63) is 41.8 Å². The number of aromatic nitrogens is 4. The number of nitrogens with one attached hydrogen (secondary N) is 1. The van der Waals surface area contributed by atoms with Crippen molar-refractivity contribution in [3.8, 4) is 0 Å². The molecule has 6 heteroatoms. The highest BCUT2D eigenvalue weighted by Crippen LogP contribution is 2.24. The smallest absolute Gasteiger partial charge is 0.223 e. The first-order valence-electron chi connectivity index (χ1n) is 6.42. The second-order valence-corrected chi connectivity index (χ2v) is 4.73. The monoisotopic (exact) mass is 269 g/mol. The van der Waals surface area contributed by atoms with E-state index in [1.165, 1.54) is 0 Å². The Labute approximate surface area is 116 Å². The Hall–Kier alpha value is -2.50. The zero-order chi connectivity index (χ0) is 14.1. The molecule has 3 rings (SSSR count). The summed E-state index contributed by atoms with van der Waals surface area (Å²) in [4.78, 5) is 12.9. The first-order chi connectivity index (χ1) is 9.65. The standard InChI is InChI=1S/C14H15N5O/c1-8-5-4-6-11-12(8)15-7-16-14(11)17-9(2)13-18-10(3)20-19-13/h4-7,9H,1-3H3,(H,15,16,17)/t9-/m1/s1. The van der Waals surface area contributed by atoms with Gasteiger partial charge in [0.05, 0.1) is 11.6 Å². The molecule has 1 N–H and O–H groups in total. The Balaban J connectivity index is 1.97. The largest absolute Gasteiger partial charge is 0.360 e. The highest BCUT2D eigenvalue weighted by molar-refractivity contribution is 5.90. The lowest BCUT2D eigenvalue weighted by Crippen LogP contribution is -2.10. The number of nitrogens with zero attached hydrogens (tertiary/aromatic N) is 4. The maximum atomic E-state index is 5.00. The van der Waals surface area contributed by atoms with Crippen molar-refractivity contribution < 1.29 is 4.52 Å². The van der Waals surface area contributed by atoms with Gasteiger partial charge in [0, 0.05) is 12.3 Å². The highest BCUT2D eigenvalue weighted by Gasteiger charge is 2.14. The third kappa shape index (κ3) is 2.20. The minimum Gasteiger partial charge on any atom is -0.360 e. The molecular weight excluding hydrogens is 254 g/mol. The second kappa shape index (κ2) is 4.88. The van der Waals surface area contributed by atoms with Crippen molar-refractivity contribution in [1.82, 2.24) is 20.1 Å². The molecule has 3 aromatic rings. The van der Waals surface area contributed by atoms with Gasteiger partial charge in [-0.1, -0.05) is 17.3 Å². The number of anilines is 1. The molecule has 20 heavy (non-hydrogen) atoms. The van der Waals surface area contributed by atoms with Crippen LogP contribution in [0.4, 0.5) is 5.82 Å². The van der Waals surface area contributed by atoms with Crippen LogP contribution in [0.25, 0.3) is 10.9 Å². The van der Waals surface area contributed by atoms with Gasteiger partial charge in [-0.05, 0) is 25.5 Å². The zero-order valence-electron chi connectivity index (χ0n) is 11.6. The summed E-state index contributed by atoms with van der Waals surface area (Å²) >= 11 is 0. The average molecular weight is 269 g/mol. The van der Waals surface area contributed by atoms with Gasteiger partial charge >= 0.3 is 0 Å². The fourth-order valence-electron chi connectivity index (χ4n) is 2.11. The van der Waals surface area contributed by atoms with Crippen LogP contribution in [0.1, 0.15) is 30.2 Å². The summed E-state index contributed by atoms with van der Waals surface area (Å²) in [6, 6.07) is 5.94. The van der Waals surface area contributed by atoms with Crippen molar-refractivity contribution >= 4 is 16.7 Å². The van der Waals surface area contributed by atoms with Gasteiger partial charge in [-0.3, -0.25) is 0 Å². The molecule has 0 unspecified atom stereocenters. The summed E-state index contributed by atoms with van der Waals surface area (Å²) < 4.78 is 5.00. The van der Waals surface area contributed by atoms with E-state index in [4.69, 9.17) is 4.52 Å². The Bertz CT molecular complexity index is 752. The summed E-state index contributed by atoms with van der Waals surface area (Å²) in [5.74, 6) is 1.94. The molecule has 0 saturated heterocycles. The molecule has 1 aromatic carbocycles. The van der Waals surface area contributed by atoms with Gasteiger partial charge in [0.2, 0.25) is 5.89 Å². The Morgan fingerprint density at radius 1 is 1.20 bits per heavy atom. The lowest BCUT2D eigenvalue weighted by atomic mass is 10.1. The molecule has 0 aliphatic rings. The third-order valence-electron chi connectivity index (χ3n) is 3.15. The van der Waals surface area contributed by atoms with E-state index < -0.39 is 0 Å². The Kier molecular flexibility index (Phi) is 3.06. The van der Waals surface area contributed by atoms with E-state index in [0.717, 1.165) is 22.3 Å². The minimum absolute atomic E-state index is 0.0916. The predicted molar refractivity (Wildman–Crippen MR) is 75.3 cm³/mol. The molecule has 0 bridgehead atoms. The maximum Gasteiger partial charge on any atom is 0.223 e. The van der Waals surface area contributed by atoms with Crippen LogP contribution in [0.5, 0.6) is 0 Å². The fourth-order valence-corrected chi connectivity index (χ4v) is 2.11. The van der Waals surface area contributed by atoms with Crippen molar-refractivity contribution in [2.45, 2.75) is 26.8 Å². The van der Waals surface area contributed by atoms with Crippen molar-refractivity contribution in [1.29, 1.82) is 0 Å². The van der Waals surface area contributed by atoms with Crippen LogP contribution < -0.4 is 5.32 Å². The molecule has 1 atom stereocenters. The number of benzene rings is 1. The lowest BCUT2D eigenvalue weighted by Gasteiger charge is -2.12. The van der Waals surface area contributed by atoms with Gasteiger partial charge in [-0.25, -0.2) is 9.97 Å². The molecule has 0 amide bonds. The van der Waals surface area contributed by atoms with Crippen LogP contribution in [0.15, 0.2) is 29.0 Å². The van der Waals surface area contributed by atoms with Crippen LogP contribution in [0.2, 0.25) is 0 Å². The number of hydrogen-bond acceptors (Lipinski definition) is 6. The van der Waals surface area contributed by atoms with Crippen LogP contribution in [0, 0.1) is 13.8 Å². The van der Waals surface area contributed by atoms with Gasteiger partial charge in [0.1, 0.15) is 12.1 Å². The van der Waals surface area contributed by atoms with Gasteiger partial charge in [-0.15, -0.1) is 0 Å². The van der Waals surface area contributed by atoms with Crippen molar-refractivity contribution in [2.24, 2.45) is 0 Å². The summed E-state index contributed by atoms with van der Waals surface area (Å²) in [7, 11) is 0. The average Bonchev–Trinajstić information content (AvgIpc) is 2.87. The molecule has 0 fully saturated rings. The number of para-hydroxylation sites is 1. The lowest BCUT2D eigenvalue weighted by molar-refractivity contribution is 0.385. The summed E-state index contributed by atoms with van der Waals surface area (Å²) in [5.41, 5.74) is 2.07. The number of hydrogen-bond donors (Lipinski definition) is 1. The molecular formula is C14H15N5O. The van der Waals surface area contributed by atoms with E-state index in [1.54, 1.807) is 13.3 Å². The SMILES string of the molecule is Cc1nc([C@@H](C)Nc2ncnc3c(C)cccc23)no1. The van der Waals surface area contributed by atoms with E-state index in [0.29, 0.717) is 11.7 Å². The normalized spacial score (nSPS) is 12.6. The highest BCUT2D eigenvalue weighted by atomic mass is 16.5. The first-order valence-corrected chi connectivity index (χ1v) is 6.42. The van der Waals surface area contributed by atoms with E-state index in [2.05, 4.69) is 25.4 Å². The van der Waals surface area contributed by atoms with Crippen molar-refractivity contribution in [3.63, 3.8) is 0 Å². The molecule has 0 saturated carbocycles. The first kappa shape index (κ1) is 12.5. The van der Waals surface area contributed by atoms with Gasteiger partial charge in [0.25, 0.3) is 0 Å². The second-order valence-electron chi connectivity index (χ2n) is 4.73. The molecule has 2 heterocycles. The molecule has 102 valence electrons. The third-order valence-corrected chi connectivity index (χ3v) is 3.15. The molecule has 2 aromatic heterocycles. The molecule has 0 aliphatic heterocycles. The molecule has 6 nitrogen and oxygen atoms in total. The van der Waals surface area contributed by atoms with Gasteiger partial charge in [0.15, 0.2) is 5.82 Å². The predicted octanol–water partition coefficient (Wildman–Crippen LogP) is 2.80. The van der Waals surface area contributed by atoms with Gasteiger partial charge < -0.3 is 9.84 Å². The number of rotatable bonds is 3. The fraction of sp³-hybridized carbons (Fsp3) is 0.286. The summed E-state index contributed by atoms with van der Waals surface area (Å²) in [6.07, 6.45) is 1.56. The zero-order valence-corrected chi connectivity index (χ0v) is 11.6. The summed E-state index contributed by atoms with van der Waals surface area (Å²) in [5, 5.41) is 8.21. The molecule has 0 aliphatic carbocycles. The summed E-state index contributed by atoms with van der Waals surface area (Å²) in [6.45, 7) is 5.77. The molecule has 0 spiro atoms. The van der Waals surface area contributed by atoms with E-state index >= 15 is 0 Å². The van der Waals surface area contributed by atoms with Crippen LogP contribution in [0.3, 0.4) is 0 Å². The Morgan fingerprint density at radius 2 is 2.05 bits per heavy atom. The number of fused-ring (bicyclic) bond motifs is 1. The molecule has 0 radical (unpaired) electrons. The van der Waals surface area contributed by atoms with E-state index in [-0.39, 0.29) is 6.04 Å².